The molecule has 1 saturated heterocycles. The molecule has 3 aromatic rings. The average molecular weight is 360 g/mol. The van der Waals surface area contributed by atoms with Crippen molar-refractivity contribution in [2.45, 2.75) is 25.3 Å². The molecular weight excluding hydrogens is 345 g/mol. The van der Waals surface area contributed by atoms with Crippen LogP contribution in [0.1, 0.15) is 34.9 Å². The number of alkyl halides is 2. The van der Waals surface area contributed by atoms with Crippen molar-refractivity contribution in [3.63, 3.8) is 0 Å². The SMILES string of the molecule is O=C(c1cnc2ccc(N3CCCC3c3cccc(F)c3)nn12)C(F)F. The molecule has 2 aromatic heterocycles. The van der Waals surface area contributed by atoms with Crippen molar-refractivity contribution >= 4 is 17.2 Å². The fraction of sp³-hybridized carbons (Fsp3) is 0.278. The molecule has 1 fully saturated rings. The van der Waals surface area contributed by atoms with Crippen LogP contribution in [0.15, 0.2) is 42.6 Å². The third-order valence-electron chi connectivity index (χ3n) is 4.58. The van der Waals surface area contributed by atoms with E-state index in [2.05, 4.69) is 10.1 Å². The van der Waals surface area contributed by atoms with Gasteiger partial charge in [0.2, 0.25) is 5.78 Å². The maximum Gasteiger partial charge on any atom is 0.302 e. The van der Waals surface area contributed by atoms with Crippen LogP contribution in [0.2, 0.25) is 0 Å². The van der Waals surface area contributed by atoms with Gasteiger partial charge in [0.05, 0.1) is 12.2 Å². The Bertz CT molecular complexity index is 972. The topological polar surface area (TPSA) is 50.5 Å². The second-order valence-electron chi connectivity index (χ2n) is 6.18. The van der Waals surface area contributed by atoms with E-state index in [-0.39, 0.29) is 17.6 Å². The summed E-state index contributed by atoms with van der Waals surface area (Å²) < 4.78 is 40.3. The van der Waals surface area contributed by atoms with Crippen molar-refractivity contribution in [3.05, 3.63) is 59.7 Å². The van der Waals surface area contributed by atoms with Crippen molar-refractivity contribution < 1.29 is 18.0 Å². The molecule has 0 bridgehead atoms. The maximum atomic E-state index is 13.6. The quantitative estimate of drug-likeness (QED) is 0.667. The molecule has 1 unspecified atom stereocenters. The molecule has 8 heteroatoms. The Hall–Kier alpha value is -2.90. The fourth-order valence-corrected chi connectivity index (χ4v) is 3.40. The summed E-state index contributed by atoms with van der Waals surface area (Å²) in [5.74, 6) is -1.09. The molecule has 1 aliphatic rings. The monoisotopic (exact) mass is 360 g/mol. The Morgan fingerprint density at radius 3 is 2.85 bits per heavy atom. The van der Waals surface area contributed by atoms with Gasteiger partial charge in [-0.15, -0.1) is 5.10 Å². The van der Waals surface area contributed by atoms with E-state index in [1.165, 1.54) is 12.1 Å². The third kappa shape index (κ3) is 2.81. The molecule has 4 rings (SSSR count). The van der Waals surface area contributed by atoms with Crippen LogP contribution in [0.5, 0.6) is 0 Å². The van der Waals surface area contributed by atoms with E-state index in [0.29, 0.717) is 18.0 Å². The van der Waals surface area contributed by atoms with Crippen LogP contribution < -0.4 is 4.90 Å². The molecule has 134 valence electrons. The van der Waals surface area contributed by atoms with Gasteiger partial charge in [0.25, 0.3) is 0 Å². The van der Waals surface area contributed by atoms with Crippen molar-refractivity contribution in [3.8, 4) is 0 Å². The summed E-state index contributed by atoms with van der Waals surface area (Å²) in [5.41, 5.74) is 0.900. The molecule has 1 aromatic carbocycles. The van der Waals surface area contributed by atoms with Gasteiger partial charge in [-0.1, -0.05) is 12.1 Å². The molecule has 0 N–H and O–H groups in total. The molecule has 0 amide bonds. The van der Waals surface area contributed by atoms with E-state index in [4.69, 9.17) is 0 Å². The normalized spacial score (nSPS) is 17.4. The van der Waals surface area contributed by atoms with Crippen molar-refractivity contribution in [1.82, 2.24) is 14.6 Å². The summed E-state index contributed by atoms with van der Waals surface area (Å²) in [6.45, 7) is 0.701. The Morgan fingerprint density at radius 1 is 1.23 bits per heavy atom. The number of carbonyl (C=O) groups excluding carboxylic acids is 1. The zero-order valence-corrected chi connectivity index (χ0v) is 13.6. The number of nitrogens with zero attached hydrogens (tertiary/aromatic N) is 4. The molecule has 0 saturated carbocycles. The van der Waals surface area contributed by atoms with Gasteiger partial charge in [-0.25, -0.2) is 22.7 Å². The van der Waals surface area contributed by atoms with Crippen LogP contribution in [-0.4, -0.2) is 33.4 Å². The van der Waals surface area contributed by atoms with Gasteiger partial charge in [0, 0.05) is 6.54 Å². The van der Waals surface area contributed by atoms with Gasteiger partial charge < -0.3 is 4.90 Å². The predicted molar refractivity (Wildman–Crippen MR) is 89.0 cm³/mol. The lowest BCUT2D eigenvalue weighted by molar-refractivity contribution is 0.0671. The van der Waals surface area contributed by atoms with Gasteiger partial charge >= 0.3 is 6.43 Å². The van der Waals surface area contributed by atoms with E-state index in [9.17, 15) is 18.0 Å². The lowest BCUT2D eigenvalue weighted by Crippen LogP contribution is -2.25. The molecule has 0 radical (unpaired) electrons. The van der Waals surface area contributed by atoms with E-state index in [1.54, 1.807) is 18.2 Å². The Labute approximate surface area is 147 Å². The first-order valence-corrected chi connectivity index (χ1v) is 8.24. The first-order valence-electron chi connectivity index (χ1n) is 8.24. The third-order valence-corrected chi connectivity index (χ3v) is 4.58. The summed E-state index contributed by atoms with van der Waals surface area (Å²) in [6, 6.07) is 9.70. The zero-order chi connectivity index (χ0) is 18.3. The summed E-state index contributed by atoms with van der Waals surface area (Å²) in [5, 5.41) is 4.35. The zero-order valence-electron chi connectivity index (χ0n) is 13.6. The van der Waals surface area contributed by atoms with Crippen molar-refractivity contribution in [1.29, 1.82) is 0 Å². The lowest BCUT2D eigenvalue weighted by atomic mass is 10.0. The van der Waals surface area contributed by atoms with Gasteiger partial charge in [0.15, 0.2) is 5.65 Å². The standard InChI is InChI=1S/C18H15F3N4O/c19-12-4-1-3-11(9-12)13-5-2-8-24(13)16-7-6-15-22-10-14(25(15)23-16)17(26)18(20)21/h1,3-4,6-7,9-10,13,18H,2,5,8H2. The predicted octanol–water partition coefficient (Wildman–Crippen LogP) is 3.66. The minimum absolute atomic E-state index is 0.0616. The lowest BCUT2D eigenvalue weighted by Gasteiger charge is -2.26. The number of carbonyl (C=O) groups is 1. The number of fused-ring (bicyclic) bond motifs is 1. The van der Waals surface area contributed by atoms with Crippen LogP contribution in [0.25, 0.3) is 5.65 Å². The van der Waals surface area contributed by atoms with Gasteiger partial charge in [0.1, 0.15) is 17.3 Å². The number of halogens is 3. The van der Waals surface area contributed by atoms with Crippen LogP contribution in [0, 0.1) is 5.82 Å². The van der Waals surface area contributed by atoms with Crippen molar-refractivity contribution in [2.75, 3.05) is 11.4 Å². The smallest absolute Gasteiger partial charge is 0.302 e. The average Bonchev–Trinajstić information content (AvgIpc) is 3.27. The number of aromatic nitrogens is 3. The Balaban J connectivity index is 1.73. The van der Waals surface area contributed by atoms with Gasteiger partial charge in [-0.05, 0) is 42.7 Å². The van der Waals surface area contributed by atoms with Gasteiger partial charge in [-0.2, -0.15) is 0 Å². The van der Waals surface area contributed by atoms with Gasteiger partial charge in [-0.3, -0.25) is 4.79 Å². The summed E-state index contributed by atoms with van der Waals surface area (Å²) in [4.78, 5) is 17.6. The number of ketones is 1. The fourth-order valence-electron chi connectivity index (χ4n) is 3.40. The van der Waals surface area contributed by atoms with Crippen LogP contribution >= 0.6 is 0 Å². The van der Waals surface area contributed by atoms with E-state index in [0.717, 1.165) is 29.1 Å². The first kappa shape index (κ1) is 16.6. The minimum atomic E-state index is -3.12. The van der Waals surface area contributed by atoms with Crippen molar-refractivity contribution in [2.24, 2.45) is 0 Å². The Morgan fingerprint density at radius 2 is 2.08 bits per heavy atom. The molecule has 1 atom stereocenters. The van der Waals surface area contributed by atoms with Crippen LogP contribution in [0.3, 0.4) is 0 Å². The van der Waals surface area contributed by atoms with E-state index in [1.807, 2.05) is 11.0 Å². The highest BCUT2D eigenvalue weighted by Crippen LogP contribution is 2.35. The molecular formula is C18H15F3N4O. The number of hydrogen-bond acceptors (Lipinski definition) is 4. The maximum absolute atomic E-state index is 13.6. The van der Waals surface area contributed by atoms with Crippen LogP contribution in [-0.2, 0) is 0 Å². The summed E-state index contributed by atoms with van der Waals surface area (Å²) in [6.07, 6.45) is -0.287. The second kappa shape index (κ2) is 6.44. The molecule has 5 nitrogen and oxygen atoms in total. The Kier molecular flexibility index (Phi) is 4.10. The highest BCUT2D eigenvalue weighted by atomic mass is 19.3. The molecule has 0 spiro atoms. The second-order valence-corrected chi connectivity index (χ2v) is 6.18. The minimum Gasteiger partial charge on any atom is -0.348 e. The molecule has 1 aliphatic heterocycles. The molecule has 0 aliphatic carbocycles. The van der Waals surface area contributed by atoms with E-state index >= 15 is 0 Å². The number of Topliss-reactive ketones (excluding diaryl/α,β-unsaturated/α-hetero) is 1. The molecule has 3 heterocycles. The largest absolute Gasteiger partial charge is 0.348 e. The number of imidazole rings is 1. The number of rotatable bonds is 4. The van der Waals surface area contributed by atoms with E-state index < -0.39 is 12.2 Å². The highest BCUT2D eigenvalue weighted by Gasteiger charge is 2.29. The number of hydrogen-bond donors (Lipinski definition) is 0. The molecule has 26 heavy (non-hydrogen) atoms. The number of benzene rings is 1. The van der Waals surface area contributed by atoms with Crippen LogP contribution in [0.4, 0.5) is 19.0 Å². The summed E-state index contributed by atoms with van der Waals surface area (Å²) >= 11 is 0. The summed E-state index contributed by atoms with van der Waals surface area (Å²) in [7, 11) is 0. The first-order chi connectivity index (χ1) is 12.5. The highest BCUT2D eigenvalue weighted by molar-refractivity contribution is 5.97. The number of anilines is 1.